The van der Waals surface area contributed by atoms with Gasteiger partial charge in [-0.2, -0.15) is 9.97 Å². The monoisotopic (exact) mass is 355 g/mol. The molecule has 0 unspecified atom stereocenters. The van der Waals surface area contributed by atoms with E-state index in [1.54, 1.807) is 0 Å². The summed E-state index contributed by atoms with van der Waals surface area (Å²) >= 11 is 0. The van der Waals surface area contributed by atoms with Crippen LogP contribution in [0.15, 0.2) is 30.3 Å². The van der Waals surface area contributed by atoms with Crippen LogP contribution in [0, 0.1) is 0 Å². The van der Waals surface area contributed by atoms with Gasteiger partial charge in [-0.25, -0.2) is 0 Å². The molecule has 0 saturated carbocycles. The Morgan fingerprint density at radius 2 is 2.00 bits per heavy atom. The lowest BCUT2D eigenvalue weighted by atomic mass is 9.97. The first-order chi connectivity index (χ1) is 12.6. The third-order valence-electron chi connectivity index (χ3n) is 5.04. The standard InChI is InChI=1S/C19H25N5O2/c20-16-15-11-19(26-17(15)23-18(21)22-16)12-24(9-10-25-13-19)8-4-7-14-5-2-1-3-6-14/h1-3,5-6H,4,7-13H2,(H4,20,21,22,23)/t19-/m0/s1. The minimum Gasteiger partial charge on any atom is -0.466 e. The van der Waals surface area contributed by atoms with Gasteiger partial charge in [-0.15, -0.1) is 0 Å². The Labute approximate surface area is 153 Å². The number of nitrogens with two attached hydrogens (primary N) is 2. The van der Waals surface area contributed by atoms with Crippen molar-refractivity contribution in [1.82, 2.24) is 14.9 Å². The molecule has 3 heterocycles. The van der Waals surface area contributed by atoms with E-state index >= 15 is 0 Å². The van der Waals surface area contributed by atoms with E-state index in [4.69, 9.17) is 20.9 Å². The predicted octanol–water partition coefficient (Wildman–Crippen LogP) is 1.28. The quantitative estimate of drug-likeness (QED) is 0.852. The summed E-state index contributed by atoms with van der Waals surface area (Å²) in [5, 5.41) is 0. The molecule has 1 aromatic heterocycles. The van der Waals surface area contributed by atoms with Crippen LogP contribution >= 0.6 is 0 Å². The lowest BCUT2D eigenvalue weighted by molar-refractivity contribution is -0.00212. The van der Waals surface area contributed by atoms with E-state index in [-0.39, 0.29) is 5.95 Å². The van der Waals surface area contributed by atoms with Gasteiger partial charge in [0.25, 0.3) is 0 Å². The zero-order valence-corrected chi connectivity index (χ0v) is 14.9. The van der Waals surface area contributed by atoms with Crippen molar-refractivity contribution in [2.24, 2.45) is 0 Å². The number of fused-ring (bicyclic) bond motifs is 1. The summed E-state index contributed by atoms with van der Waals surface area (Å²) in [7, 11) is 0. The lowest BCUT2D eigenvalue weighted by Crippen LogP contribution is -2.48. The molecule has 0 aliphatic carbocycles. The topological polar surface area (TPSA) is 99.5 Å². The van der Waals surface area contributed by atoms with Crippen molar-refractivity contribution in [3.8, 4) is 5.88 Å². The van der Waals surface area contributed by atoms with Gasteiger partial charge in [-0.1, -0.05) is 30.3 Å². The number of rotatable bonds is 4. The Morgan fingerprint density at radius 1 is 1.15 bits per heavy atom. The Bertz CT molecular complexity index is 770. The van der Waals surface area contributed by atoms with Gasteiger partial charge in [-0.05, 0) is 24.9 Å². The number of hydrogen-bond donors (Lipinski definition) is 2. The zero-order chi connectivity index (χ0) is 18.0. The molecule has 0 bridgehead atoms. The average Bonchev–Trinajstić information content (AvgIpc) is 2.85. The zero-order valence-electron chi connectivity index (χ0n) is 14.9. The Hall–Kier alpha value is -2.38. The maximum Gasteiger partial charge on any atom is 0.225 e. The minimum atomic E-state index is -0.456. The van der Waals surface area contributed by atoms with E-state index < -0.39 is 5.60 Å². The van der Waals surface area contributed by atoms with Gasteiger partial charge in [0.05, 0.1) is 18.8 Å². The van der Waals surface area contributed by atoms with Gasteiger partial charge < -0.3 is 20.9 Å². The van der Waals surface area contributed by atoms with Gasteiger partial charge in [0, 0.05) is 19.5 Å². The number of anilines is 2. The second kappa shape index (κ2) is 7.09. The molecule has 4 rings (SSSR count). The molecule has 1 spiro atoms. The number of nitrogens with zero attached hydrogens (tertiary/aromatic N) is 3. The van der Waals surface area contributed by atoms with E-state index in [1.807, 2.05) is 0 Å². The van der Waals surface area contributed by atoms with E-state index in [0.717, 1.165) is 38.0 Å². The molecule has 1 atom stereocenters. The molecular weight excluding hydrogens is 330 g/mol. The van der Waals surface area contributed by atoms with Gasteiger partial charge >= 0.3 is 0 Å². The third-order valence-corrected chi connectivity index (χ3v) is 5.04. The molecule has 0 amide bonds. The fourth-order valence-corrected chi connectivity index (χ4v) is 3.81. The molecule has 26 heavy (non-hydrogen) atoms. The van der Waals surface area contributed by atoms with Gasteiger partial charge in [-0.3, -0.25) is 4.90 Å². The highest BCUT2D eigenvalue weighted by atomic mass is 16.6. The van der Waals surface area contributed by atoms with Crippen LogP contribution in [0.5, 0.6) is 5.88 Å². The highest BCUT2D eigenvalue weighted by molar-refractivity contribution is 5.52. The highest BCUT2D eigenvalue weighted by Gasteiger charge is 2.44. The van der Waals surface area contributed by atoms with Crippen LogP contribution in [0.2, 0.25) is 0 Å². The summed E-state index contributed by atoms with van der Waals surface area (Å²) < 4.78 is 12.0. The van der Waals surface area contributed by atoms with Crippen molar-refractivity contribution in [2.75, 3.05) is 44.3 Å². The summed E-state index contributed by atoms with van der Waals surface area (Å²) in [6, 6.07) is 10.6. The summed E-state index contributed by atoms with van der Waals surface area (Å²) in [5.74, 6) is 1.06. The largest absolute Gasteiger partial charge is 0.466 e. The molecule has 1 fully saturated rings. The van der Waals surface area contributed by atoms with E-state index in [0.29, 0.717) is 31.3 Å². The first-order valence-electron chi connectivity index (χ1n) is 9.08. The van der Waals surface area contributed by atoms with Crippen molar-refractivity contribution in [3.05, 3.63) is 41.5 Å². The van der Waals surface area contributed by atoms with Crippen molar-refractivity contribution >= 4 is 11.8 Å². The molecule has 1 saturated heterocycles. The van der Waals surface area contributed by atoms with Crippen LogP contribution in [0.25, 0.3) is 0 Å². The highest BCUT2D eigenvalue weighted by Crippen LogP contribution is 2.38. The SMILES string of the molecule is Nc1nc(N)c2c(n1)O[C@@]1(COCCN(CCCc3ccccc3)C1)C2. The molecule has 2 aromatic rings. The second-order valence-corrected chi connectivity index (χ2v) is 7.13. The molecule has 2 aliphatic heterocycles. The smallest absolute Gasteiger partial charge is 0.225 e. The second-order valence-electron chi connectivity index (χ2n) is 7.13. The van der Waals surface area contributed by atoms with Crippen LogP contribution in [-0.2, 0) is 17.6 Å². The fraction of sp³-hybridized carbons (Fsp3) is 0.474. The Balaban J connectivity index is 1.41. The van der Waals surface area contributed by atoms with Crippen molar-refractivity contribution in [1.29, 1.82) is 0 Å². The number of benzene rings is 1. The van der Waals surface area contributed by atoms with Crippen molar-refractivity contribution in [3.63, 3.8) is 0 Å². The predicted molar refractivity (Wildman–Crippen MR) is 99.9 cm³/mol. The molecule has 4 N–H and O–H groups in total. The van der Waals surface area contributed by atoms with Gasteiger partial charge in [0.15, 0.2) is 5.60 Å². The van der Waals surface area contributed by atoms with E-state index in [1.165, 1.54) is 5.56 Å². The molecule has 138 valence electrons. The number of aryl methyl sites for hydroxylation is 1. The number of hydrogen-bond acceptors (Lipinski definition) is 7. The van der Waals surface area contributed by atoms with Crippen LogP contribution in [-0.4, -0.2) is 53.3 Å². The van der Waals surface area contributed by atoms with Crippen molar-refractivity contribution < 1.29 is 9.47 Å². The average molecular weight is 355 g/mol. The van der Waals surface area contributed by atoms with Gasteiger partial charge in [0.2, 0.25) is 11.8 Å². The molecule has 7 heteroatoms. The lowest BCUT2D eigenvalue weighted by Gasteiger charge is -2.31. The summed E-state index contributed by atoms with van der Waals surface area (Å²) in [6.07, 6.45) is 2.83. The summed E-state index contributed by atoms with van der Waals surface area (Å²) in [5.41, 5.74) is 13.5. The van der Waals surface area contributed by atoms with Gasteiger partial charge in [0.1, 0.15) is 5.82 Å². The first kappa shape index (κ1) is 17.1. The number of nitrogen functional groups attached to an aromatic ring is 2. The maximum absolute atomic E-state index is 6.19. The number of aromatic nitrogens is 2. The first-order valence-corrected chi connectivity index (χ1v) is 9.08. The van der Waals surface area contributed by atoms with Crippen LogP contribution in [0.3, 0.4) is 0 Å². The van der Waals surface area contributed by atoms with E-state index in [9.17, 15) is 0 Å². The normalized spacial score (nSPS) is 22.8. The van der Waals surface area contributed by atoms with E-state index in [2.05, 4.69) is 45.2 Å². The van der Waals surface area contributed by atoms with Crippen LogP contribution < -0.4 is 16.2 Å². The molecule has 2 aliphatic rings. The molecule has 7 nitrogen and oxygen atoms in total. The summed E-state index contributed by atoms with van der Waals surface area (Å²) in [4.78, 5) is 10.7. The Kier molecular flexibility index (Phi) is 4.65. The molecular formula is C19H25N5O2. The van der Waals surface area contributed by atoms with Crippen LogP contribution in [0.4, 0.5) is 11.8 Å². The number of ether oxygens (including phenoxy) is 2. The maximum atomic E-state index is 6.19. The minimum absolute atomic E-state index is 0.146. The summed E-state index contributed by atoms with van der Waals surface area (Å²) in [6.45, 7) is 3.92. The molecule has 0 radical (unpaired) electrons. The molecule has 1 aromatic carbocycles. The van der Waals surface area contributed by atoms with Crippen molar-refractivity contribution in [2.45, 2.75) is 24.9 Å². The fourth-order valence-electron chi connectivity index (χ4n) is 3.81. The van der Waals surface area contributed by atoms with Crippen LogP contribution in [0.1, 0.15) is 17.5 Å². The Morgan fingerprint density at radius 3 is 2.85 bits per heavy atom. The third kappa shape index (κ3) is 3.59.